The Kier molecular flexibility index (Phi) is 11.3. The number of carbonyl (C=O) groups is 2. The first-order chi connectivity index (χ1) is 11.6. The van der Waals surface area contributed by atoms with Gasteiger partial charge in [0.05, 0.1) is 5.25 Å². The van der Waals surface area contributed by atoms with Gasteiger partial charge in [-0.2, -0.15) is 0 Å². The number of unbranched alkanes of at least 4 members (excludes halogenated alkanes) is 4. The molecule has 1 aliphatic rings. The third kappa shape index (κ3) is 10.5. The van der Waals surface area contributed by atoms with E-state index in [0.717, 1.165) is 12.8 Å². The van der Waals surface area contributed by atoms with Crippen LogP contribution in [0.15, 0.2) is 36.5 Å². The standard InChI is InChI=1S/C20H30O3S/c1-2-3-4-5-6-7-8-12-15-18-20(24-18)17(21)14-11-9-10-13-16-19(22)23/h6-7,9,11-12,15,18,20H,2-5,8,10,13-14,16H2,1H3,(H,22,23)/b7-6-,11-9-,15-12-/t18-,20-/m1/s1. The zero-order valence-corrected chi connectivity index (χ0v) is 15.5. The quantitative estimate of drug-likeness (QED) is 0.261. The van der Waals surface area contributed by atoms with Gasteiger partial charge in [0.1, 0.15) is 0 Å². The van der Waals surface area contributed by atoms with Crippen molar-refractivity contribution in [2.75, 3.05) is 0 Å². The molecule has 1 aliphatic heterocycles. The van der Waals surface area contributed by atoms with Crippen LogP contribution in [-0.2, 0) is 9.59 Å². The molecule has 0 aliphatic carbocycles. The first-order valence-corrected chi connectivity index (χ1v) is 9.96. The first-order valence-electron chi connectivity index (χ1n) is 9.01. The van der Waals surface area contributed by atoms with Crippen LogP contribution in [0.25, 0.3) is 0 Å². The fraction of sp³-hybridized carbons (Fsp3) is 0.600. The maximum atomic E-state index is 12.0. The summed E-state index contributed by atoms with van der Waals surface area (Å²) in [4.78, 5) is 22.3. The van der Waals surface area contributed by atoms with Gasteiger partial charge in [-0.1, -0.05) is 56.2 Å². The number of allylic oxidation sites excluding steroid dienone is 5. The Hall–Kier alpha value is -1.29. The van der Waals surface area contributed by atoms with Crippen molar-refractivity contribution in [3.8, 4) is 0 Å². The van der Waals surface area contributed by atoms with Crippen LogP contribution in [0, 0.1) is 0 Å². The van der Waals surface area contributed by atoms with Gasteiger partial charge < -0.3 is 5.11 Å². The molecular weight excluding hydrogens is 320 g/mol. The number of ketones is 1. The summed E-state index contributed by atoms with van der Waals surface area (Å²) < 4.78 is 0. The lowest BCUT2D eigenvalue weighted by molar-refractivity contribution is -0.137. The molecule has 0 aromatic carbocycles. The summed E-state index contributed by atoms with van der Waals surface area (Å²) in [7, 11) is 0. The lowest BCUT2D eigenvalue weighted by atomic mass is 10.1. The van der Waals surface area contributed by atoms with Crippen LogP contribution in [0.3, 0.4) is 0 Å². The summed E-state index contributed by atoms with van der Waals surface area (Å²) in [5, 5.41) is 9.01. The molecule has 1 rings (SSSR count). The molecule has 0 radical (unpaired) electrons. The van der Waals surface area contributed by atoms with Crippen molar-refractivity contribution in [3.05, 3.63) is 36.5 Å². The normalized spacial score (nSPS) is 20.4. The number of hydrogen-bond acceptors (Lipinski definition) is 3. The monoisotopic (exact) mass is 350 g/mol. The highest BCUT2D eigenvalue weighted by molar-refractivity contribution is 8.08. The van der Waals surface area contributed by atoms with E-state index in [-0.39, 0.29) is 17.5 Å². The maximum absolute atomic E-state index is 12.0. The van der Waals surface area contributed by atoms with Crippen LogP contribution in [0.4, 0.5) is 0 Å². The van der Waals surface area contributed by atoms with Gasteiger partial charge in [-0.05, 0) is 32.1 Å². The van der Waals surface area contributed by atoms with E-state index < -0.39 is 5.97 Å². The van der Waals surface area contributed by atoms with Crippen LogP contribution in [0.1, 0.15) is 64.7 Å². The van der Waals surface area contributed by atoms with E-state index in [0.29, 0.717) is 18.1 Å². The number of rotatable bonds is 14. The van der Waals surface area contributed by atoms with E-state index in [4.69, 9.17) is 5.11 Å². The summed E-state index contributed by atoms with van der Waals surface area (Å²) in [5.74, 6) is -0.487. The largest absolute Gasteiger partial charge is 0.481 e. The van der Waals surface area contributed by atoms with Gasteiger partial charge in [-0.25, -0.2) is 0 Å². The van der Waals surface area contributed by atoms with Gasteiger partial charge in [0.15, 0.2) is 5.78 Å². The Bertz CT molecular complexity index is 466. The Morgan fingerprint density at radius 3 is 2.50 bits per heavy atom. The van der Waals surface area contributed by atoms with Crippen molar-refractivity contribution in [1.82, 2.24) is 0 Å². The van der Waals surface area contributed by atoms with Gasteiger partial charge >= 0.3 is 5.97 Å². The van der Waals surface area contributed by atoms with Crippen molar-refractivity contribution in [3.63, 3.8) is 0 Å². The first kappa shape index (κ1) is 20.8. The second-order valence-electron chi connectivity index (χ2n) is 6.08. The number of Topliss-reactive ketones (excluding diaryl/α,β-unsaturated/α-hetero) is 1. The molecule has 0 amide bonds. The highest BCUT2D eigenvalue weighted by atomic mass is 32.2. The van der Waals surface area contributed by atoms with Crippen molar-refractivity contribution in [2.24, 2.45) is 0 Å². The lowest BCUT2D eigenvalue weighted by Gasteiger charge is -1.93. The molecule has 1 fully saturated rings. The fourth-order valence-electron chi connectivity index (χ4n) is 2.35. The number of carboxylic acids is 1. The molecule has 0 saturated carbocycles. The smallest absolute Gasteiger partial charge is 0.303 e. The zero-order valence-electron chi connectivity index (χ0n) is 14.7. The highest BCUT2D eigenvalue weighted by Gasteiger charge is 2.41. The second kappa shape index (κ2) is 13.1. The van der Waals surface area contributed by atoms with Gasteiger partial charge in [0.25, 0.3) is 0 Å². The molecule has 0 spiro atoms. The average molecular weight is 351 g/mol. The summed E-state index contributed by atoms with van der Waals surface area (Å²) in [6.07, 6.45) is 20.5. The van der Waals surface area contributed by atoms with Crippen LogP contribution in [0.5, 0.6) is 0 Å². The topological polar surface area (TPSA) is 54.4 Å². The number of carboxylic acid groups (broad SMARTS) is 1. The lowest BCUT2D eigenvalue weighted by Crippen LogP contribution is -2.06. The molecule has 3 nitrogen and oxygen atoms in total. The average Bonchev–Trinajstić information content (AvgIpc) is 3.32. The van der Waals surface area contributed by atoms with Crippen molar-refractivity contribution in [1.29, 1.82) is 0 Å². The zero-order chi connectivity index (χ0) is 17.6. The van der Waals surface area contributed by atoms with Crippen LogP contribution < -0.4 is 0 Å². The molecule has 134 valence electrons. The van der Waals surface area contributed by atoms with Gasteiger partial charge in [-0.3, -0.25) is 9.59 Å². The molecule has 0 bridgehead atoms. The van der Waals surface area contributed by atoms with E-state index in [1.165, 1.54) is 25.7 Å². The summed E-state index contributed by atoms with van der Waals surface area (Å²) >= 11 is 1.72. The van der Waals surface area contributed by atoms with Crippen LogP contribution in [-0.4, -0.2) is 27.4 Å². The number of hydrogen-bond donors (Lipinski definition) is 1. The van der Waals surface area contributed by atoms with Gasteiger partial charge in [0.2, 0.25) is 0 Å². The minimum absolute atomic E-state index is 0.124. The predicted molar refractivity (Wildman–Crippen MR) is 102 cm³/mol. The highest BCUT2D eigenvalue weighted by Crippen LogP contribution is 2.43. The number of carbonyl (C=O) groups excluding carboxylic acids is 1. The summed E-state index contributed by atoms with van der Waals surface area (Å²) in [6.45, 7) is 2.22. The molecular formula is C20H30O3S. The predicted octanol–water partition coefficient (Wildman–Crippen LogP) is 5.32. The molecule has 0 aromatic heterocycles. The minimum Gasteiger partial charge on any atom is -0.481 e. The van der Waals surface area contributed by atoms with Crippen LogP contribution >= 0.6 is 11.8 Å². The molecule has 0 unspecified atom stereocenters. The van der Waals surface area contributed by atoms with E-state index in [9.17, 15) is 9.59 Å². The Morgan fingerprint density at radius 1 is 1.00 bits per heavy atom. The van der Waals surface area contributed by atoms with Crippen molar-refractivity contribution in [2.45, 2.75) is 75.2 Å². The van der Waals surface area contributed by atoms with Gasteiger partial charge in [0, 0.05) is 18.1 Å². The second-order valence-corrected chi connectivity index (χ2v) is 7.40. The van der Waals surface area contributed by atoms with Gasteiger partial charge in [-0.15, -0.1) is 11.8 Å². The van der Waals surface area contributed by atoms with E-state index >= 15 is 0 Å². The summed E-state index contributed by atoms with van der Waals surface area (Å²) in [5.41, 5.74) is 0. The third-order valence-electron chi connectivity index (χ3n) is 3.83. The molecule has 1 N–H and O–H groups in total. The molecule has 24 heavy (non-hydrogen) atoms. The molecule has 0 aromatic rings. The van der Waals surface area contributed by atoms with Crippen molar-refractivity contribution < 1.29 is 14.7 Å². The van der Waals surface area contributed by atoms with E-state index in [2.05, 4.69) is 31.2 Å². The minimum atomic E-state index is -0.765. The number of thioether (sulfide) groups is 1. The molecule has 2 atom stereocenters. The fourth-order valence-corrected chi connectivity index (χ4v) is 3.29. The van der Waals surface area contributed by atoms with Crippen molar-refractivity contribution >= 4 is 23.5 Å². The number of aliphatic carboxylic acids is 1. The molecule has 1 saturated heterocycles. The third-order valence-corrected chi connectivity index (χ3v) is 5.11. The van der Waals surface area contributed by atoms with E-state index in [1.807, 2.05) is 12.2 Å². The summed E-state index contributed by atoms with van der Waals surface area (Å²) in [6, 6.07) is 0. The molecule has 4 heteroatoms. The SMILES string of the molecule is CCCCC/C=C\C/C=C\[C@H]1S[C@@H]1C(=O)C/C=C\CCCC(=O)O. The maximum Gasteiger partial charge on any atom is 0.303 e. The van der Waals surface area contributed by atoms with Crippen LogP contribution in [0.2, 0.25) is 0 Å². The van der Waals surface area contributed by atoms with E-state index in [1.54, 1.807) is 11.8 Å². The Morgan fingerprint density at radius 2 is 1.75 bits per heavy atom. The Labute approximate surface area is 150 Å². The molecule has 1 heterocycles. The Balaban J connectivity index is 2.05.